The van der Waals surface area contributed by atoms with E-state index in [0.29, 0.717) is 0 Å². The van der Waals surface area contributed by atoms with E-state index in [2.05, 4.69) is 81.5 Å². The normalized spacial score (nSPS) is 12.2. The quantitative estimate of drug-likeness (QED) is 0.268. The van der Waals surface area contributed by atoms with Crippen molar-refractivity contribution in [1.29, 1.82) is 0 Å². The predicted octanol–water partition coefficient (Wildman–Crippen LogP) is 6.32. The van der Waals surface area contributed by atoms with Gasteiger partial charge in [-0.15, -0.1) is 22.7 Å². The van der Waals surface area contributed by atoms with Gasteiger partial charge in [0, 0.05) is 9.00 Å². The van der Waals surface area contributed by atoms with Crippen LogP contribution in [-0.2, 0) is 0 Å². The first-order valence-corrected chi connectivity index (χ1v) is 14.2. The molecular formula is C18H27Br2NS2Si. The second kappa shape index (κ2) is 10.0. The Hall–Kier alpha value is 0.537. The molecule has 0 N–H and O–H groups in total. The van der Waals surface area contributed by atoms with E-state index < -0.39 is 8.24 Å². The molecule has 0 aliphatic carbocycles. The lowest BCUT2D eigenvalue weighted by Crippen LogP contribution is -2.68. The van der Waals surface area contributed by atoms with Crippen LogP contribution in [0, 0.1) is 0 Å². The number of hydrogen-bond donors (Lipinski definition) is 0. The molecule has 2 heterocycles. The predicted molar refractivity (Wildman–Crippen MR) is 121 cm³/mol. The van der Waals surface area contributed by atoms with Crippen molar-refractivity contribution in [2.75, 3.05) is 13.1 Å². The molecule has 0 saturated carbocycles. The summed E-state index contributed by atoms with van der Waals surface area (Å²) in [7, 11) is -1.88. The van der Waals surface area contributed by atoms with Crippen LogP contribution in [0.5, 0.6) is 0 Å². The van der Waals surface area contributed by atoms with Crippen molar-refractivity contribution in [3.05, 3.63) is 31.8 Å². The van der Waals surface area contributed by atoms with Crippen molar-refractivity contribution in [1.82, 2.24) is 4.57 Å². The first kappa shape index (κ1) is 20.8. The SMILES string of the molecule is CCCCCC[Si](c1ccc(Br)s1)(c1ccc(Br)s1)N(CC)CC. The van der Waals surface area contributed by atoms with Gasteiger partial charge in [-0.3, -0.25) is 0 Å². The summed E-state index contributed by atoms with van der Waals surface area (Å²) < 4.78 is 8.50. The molecule has 0 saturated heterocycles. The highest BCUT2D eigenvalue weighted by Crippen LogP contribution is 2.29. The molecule has 0 aliphatic heterocycles. The van der Waals surface area contributed by atoms with Crippen molar-refractivity contribution in [3.63, 3.8) is 0 Å². The molecule has 2 aromatic rings. The third-order valence-corrected chi connectivity index (χ3v) is 14.9. The van der Waals surface area contributed by atoms with E-state index in [1.807, 2.05) is 22.7 Å². The van der Waals surface area contributed by atoms with E-state index in [0.717, 1.165) is 13.1 Å². The van der Waals surface area contributed by atoms with Gasteiger partial charge in [-0.1, -0.05) is 46.5 Å². The molecule has 0 bridgehead atoms. The van der Waals surface area contributed by atoms with Gasteiger partial charge in [0.15, 0.2) is 0 Å². The molecule has 134 valence electrons. The summed E-state index contributed by atoms with van der Waals surface area (Å²) in [6, 6.07) is 10.6. The van der Waals surface area contributed by atoms with E-state index in [4.69, 9.17) is 0 Å². The fourth-order valence-electron chi connectivity index (χ4n) is 3.48. The van der Waals surface area contributed by atoms with E-state index in [-0.39, 0.29) is 0 Å². The highest BCUT2D eigenvalue weighted by Gasteiger charge is 2.44. The van der Waals surface area contributed by atoms with Gasteiger partial charge in [-0.05, 0) is 75.3 Å². The summed E-state index contributed by atoms with van der Waals surface area (Å²) >= 11 is 11.3. The summed E-state index contributed by atoms with van der Waals surface area (Å²) in [4.78, 5) is 0. The lowest BCUT2D eigenvalue weighted by atomic mass is 10.2. The second-order valence-corrected chi connectivity index (χ2v) is 15.6. The van der Waals surface area contributed by atoms with E-state index in [1.165, 1.54) is 39.3 Å². The zero-order valence-electron chi connectivity index (χ0n) is 14.8. The Labute approximate surface area is 172 Å². The molecule has 0 fully saturated rings. The van der Waals surface area contributed by atoms with Gasteiger partial charge in [0.1, 0.15) is 0 Å². The van der Waals surface area contributed by atoms with Crippen molar-refractivity contribution >= 4 is 71.8 Å². The van der Waals surface area contributed by atoms with Crippen molar-refractivity contribution in [2.24, 2.45) is 0 Å². The molecule has 6 heteroatoms. The van der Waals surface area contributed by atoms with Gasteiger partial charge >= 0.3 is 0 Å². The van der Waals surface area contributed by atoms with Gasteiger partial charge < -0.3 is 4.57 Å². The van der Waals surface area contributed by atoms with E-state index >= 15 is 0 Å². The molecule has 0 spiro atoms. The maximum atomic E-state index is 3.70. The van der Waals surface area contributed by atoms with Crippen LogP contribution in [-0.4, -0.2) is 25.9 Å². The van der Waals surface area contributed by atoms with Crippen LogP contribution in [0.25, 0.3) is 0 Å². The smallest absolute Gasteiger partial charge is 0.213 e. The summed E-state index contributed by atoms with van der Waals surface area (Å²) in [5.41, 5.74) is 0. The van der Waals surface area contributed by atoms with Gasteiger partial charge in [0.05, 0.1) is 7.57 Å². The summed E-state index contributed by atoms with van der Waals surface area (Å²) in [6.07, 6.45) is 5.34. The molecule has 2 rings (SSSR count). The van der Waals surface area contributed by atoms with Crippen molar-refractivity contribution < 1.29 is 0 Å². The van der Waals surface area contributed by atoms with Gasteiger partial charge in [-0.25, -0.2) is 0 Å². The zero-order valence-corrected chi connectivity index (χ0v) is 20.6. The number of halogens is 2. The topological polar surface area (TPSA) is 3.24 Å². The number of thiophene rings is 2. The zero-order chi connectivity index (χ0) is 17.6. The number of unbranched alkanes of at least 4 members (excludes halogenated alkanes) is 3. The third kappa shape index (κ3) is 4.63. The summed E-state index contributed by atoms with van der Waals surface area (Å²) in [5.74, 6) is 0. The molecule has 24 heavy (non-hydrogen) atoms. The average Bonchev–Trinajstić information content (AvgIpc) is 3.20. The van der Waals surface area contributed by atoms with Crippen molar-refractivity contribution in [3.8, 4) is 0 Å². The maximum absolute atomic E-state index is 3.70. The Balaban J connectivity index is 2.49. The van der Waals surface area contributed by atoms with Crippen LogP contribution in [0.15, 0.2) is 31.8 Å². The van der Waals surface area contributed by atoms with Crippen LogP contribution in [0.3, 0.4) is 0 Å². The Morgan fingerprint density at radius 1 is 0.833 bits per heavy atom. The molecule has 0 radical (unpaired) electrons. The van der Waals surface area contributed by atoms with Crippen LogP contribution in [0.2, 0.25) is 6.04 Å². The number of hydrogen-bond acceptors (Lipinski definition) is 3. The molecule has 0 unspecified atom stereocenters. The fraction of sp³-hybridized carbons (Fsp3) is 0.556. The monoisotopic (exact) mass is 507 g/mol. The highest BCUT2D eigenvalue weighted by atomic mass is 79.9. The van der Waals surface area contributed by atoms with Gasteiger partial charge in [0.25, 0.3) is 0 Å². The molecule has 2 aromatic heterocycles. The molecule has 0 aliphatic rings. The van der Waals surface area contributed by atoms with Gasteiger partial charge in [0.2, 0.25) is 8.24 Å². The van der Waals surface area contributed by atoms with Crippen LogP contribution in [0.1, 0.15) is 46.5 Å². The van der Waals surface area contributed by atoms with Crippen LogP contribution >= 0.6 is 54.5 Å². The minimum absolute atomic E-state index is 1.13. The first-order valence-electron chi connectivity index (χ1n) is 8.85. The fourth-order valence-corrected chi connectivity index (χ4v) is 15.1. The van der Waals surface area contributed by atoms with E-state index in [1.54, 1.807) is 9.00 Å². The van der Waals surface area contributed by atoms with Crippen LogP contribution < -0.4 is 9.00 Å². The number of rotatable bonds is 10. The summed E-state index contributed by atoms with van der Waals surface area (Å²) in [6.45, 7) is 9.19. The van der Waals surface area contributed by atoms with Crippen LogP contribution in [0.4, 0.5) is 0 Å². The Morgan fingerprint density at radius 3 is 1.75 bits per heavy atom. The average molecular weight is 509 g/mol. The largest absolute Gasteiger partial charge is 0.316 e. The molecule has 0 amide bonds. The molecular weight excluding hydrogens is 482 g/mol. The molecule has 1 nitrogen and oxygen atoms in total. The minimum atomic E-state index is -1.88. The summed E-state index contributed by atoms with van der Waals surface area (Å²) in [5, 5.41) is 0. The van der Waals surface area contributed by atoms with E-state index in [9.17, 15) is 0 Å². The highest BCUT2D eigenvalue weighted by molar-refractivity contribution is 9.11. The Morgan fingerprint density at radius 2 is 1.38 bits per heavy atom. The second-order valence-electron chi connectivity index (χ2n) is 6.05. The first-order chi connectivity index (χ1) is 11.6. The van der Waals surface area contributed by atoms with Gasteiger partial charge in [-0.2, -0.15) is 0 Å². The Kier molecular flexibility index (Phi) is 8.70. The Bertz CT molecular complexity index is 582. The lowest BCUT2D eigenvalue weighted by Gasteiger charge is -2.40. The number of nitrogens with zero attached hydrogens (tertiary/aromatic N) is 1. The standard InChI is InChI=1S/C18H27Br2NS2Si/c1-4-7-8-9-14-24(21(5-2)6-3,17-12-10-15(19)22-17)18-13-11-16(20)23-18/h10-13H,4-9,14H2,1-3H3. The molecule has 0 atom stereocenters. The third-order valence-electron chi connectivity index (χ3n) is 4.66. The molecule has 0 aromatic carbocycles. The van der Waals surface area contributed by atoms with Crippen molar-refractivity contribution in [2.45, 2.75) is 52.5 Å². The minimum Gasteiger partial charge on any atom is -0.316 e. The maximum Gasteiger partial charge on any atom is 0.213 e. The lowest BCUT2D eigenvalue weighted by molar-refractivity contribution is 0.471.